The molecule has 2 amide bonds. The van der Waals surface area contributed by atoms with E-state index < -0.39 is 5.97 Å². The number of H-pyrrole nitrogens is 1. The van der Waals surface area contributed by atoms with Crippen LogP contribution in [0.25, 0.3) is 0 Å². The highest BCUT2D eigenvalue weighted by Crippen LogP contribution is 2.12. The summed E-state index contributed by atoms with van der Waals surface area (Å²) in [5, 5.41) is 8.70. The molecule has 7 nitrogen and oxygen atoms in total. The topological polar surface area (TPSA) is 87.3 Å². The Morgan fingerprint density at radius 3 is 2.81 bits per heavy atom. The molecule has 1 rings (SSSR count). The molecule has 88 valence electrons. The fourth-order valence-corrected chi connectivity index (χ4v) is 0.964. The number of urea groups is 1. The summed E-state index contributed by atoms with van der Waals surface area (Å²) in [6.07, 6.45) is 1.31. The molecule has 0 aliphatic heterocycles. The molecule has 0 aromatic carbocycles. The zero-order chi connectivity index (χ0) is 12.1. The number of nitrogens with one attached hydrogen (secondary N) is 2. The van der Waals surface area contributed by atoms with Gasteiger partial charge in [-0.05, 0) is 6.92 Å². The summed E-state index contributed by atoms with van der Waals surface area (Å²) in [5.74, 6) is -0.289. The first kappa shape index (κ1) is 12.0. The van der Waals surface area contributed by atoms with Crippen molar-refractivity contribution in [2.45, 2.75) is 6.92 Å². The molecule has 2 N–H and O–H groups in total. The van der Waals surface area contributed by atoms with E-state index in [1.54, 1.807) is 21.0 Å². The van der Waals surface area contributed by atoms with Gasteiger partial charge in [-0.3, -0.25) is 10.4 Å². The monoisotopic (exact) mass is 226 g/mol. The van der Waals surface area contributed by atoms with E-state index in [9.17, 15) is 9.59 Å². The highest BCUT2D eigenvalue weighted by atomic mass is 16.5. The lowest BCUT2D eigenvalue weighted by atomic mass is 10.3. The number of carbonyl (C=O) groups excluding carboxylic acids is 2. The van der Waals surface area contributed by atoms with Crippen LogP contribution < -0.4 is 5.32 Å². The number of nitrogens with zero attached hydrogens (tertiary/aromatic N) is 2. The maximum Gasteiger partial charge on any atom is 0.343 e. The number of anilines is 1. The van der Waals surface area contributed by atoms with Crippen molar-refractivity contribution < 1.29 is 14.3 Å². The zero-order valence-corrected chi connectivity index (χ0v) is 9.40. The van der Waals surface area contributed by atoms with Gasteiger partial charge in [-0.25, -0.2) is 9.59 Å². The summed E-state index contributed by atoms with van der Waals surface area (Å²) >= 11 is 0. The predicted molar refractivity (Wildman–Crippen MR) is 57.2 cm³/mol. The summed E-state index contributed by atoms with van der Waals surface area (Å²) in [5.41, 5.74) is 0.206. The van der Waals surface area contributed by atoms with Crippen molar-refractivity contribution in [3.05, 3.63) is 11.8 Å². The van der Waals surface area contributed by atoms with E-state index in [0.29, 0.717) is 0 Å². The van der Waals surface area contributed by atoms with Gasteiger partial charge >= 0.3 is 12.0 Å². The predicted octanol–water partition coefficient (Wildman–Crippen LogP) is 0.680. The van der Waals surface area contributed by atoms with Gasteiger partial charge in [-0.2, -0.15) is 5.10 Å². The second-order valence-electron chi connectivity index (χ2n) is 3.20. The summed E-state index contributed by atoms with van der Waals surface area (Å²) in [7, 11) is 3.19. The smallest absolute Gasteiger partial charge is 0.343 e. The molecule has 7 heteroatoms. The first-order valence-electron chi connectivity index (χ1n) is 4.75. The van der Waals surface area contributed by atoms with E-state index in [1.165, 1.54) is 11.1 Å². The number of hydrogen-bond acceptors (Lipinski definition) is 4. The number of carbonyl (C=O) groups is 2. The van der Waals surface area contributed by atoms with Gasteiger partial charge in [0.25, 0.3) is 0 Å². The Morgan fingerprint density at radius 2 is 2.25 bits per heavy atom. The third kappa shape index (κ3) is 2.72. The SMILES string of the molecule is CCOC(=O)c1cn[nH]c1NC(=O)N(C)C. The van der Waals surface area contributed by atoms with Crippen molar-refractivity contribution in [2.75, 3.05) is 26.0 Å². The maximum absolute atomic E-state index is 11.4. The van der Waals surface area contributed by atoms with Crippen LogP contribution >= 0.6 is 0 Å². The zero-order valence-electron chi connectivity index (χ0n) is 9.40. The van der Waals surface area contributed by atoms with Gasteiger partial charge in [0.15, 0.2) is 0 Å². The molecular weight excluding hydrogens is 212 g/mol. The largest absolute Gasteiger partial charge is 0.462 e. The molecule has 0 atom stereocenters. The van der Waals surface area contributed by atoms with Gasteiger partial charge in [-0.1, -0.05) is 0 Å². The lowest BCUT2D eigenvalue weighted by Crippen LogP contribution is -2.28. The molecule has 0 aliphatic rings. The fourth-order valence-electron chi connectivity index (χ4n) is 0.964. The van der Waals surface area contributed by atoms with Crippen molar-refractivity contribution in [1.82, 2.24) is 15.1 Å². The molecule has 0 aliphatic carbocycles. The summed E-state index contributed by atoms with van der Waals surface area (Å²) < 4.78 is 4.81. The maximum atomic E-state index is 11.4. The minimum Gasteiger partial charge on any atom is -0.462 e. The average molecular weight is 226 g/mol. The number of esters is 1. The Labute approximate surface area is 92.8 Å². The van der Waals surface area contributed by atoms with Gasteiger partial charge in [0, 0.05) is 14.1 Å². The van der Waals surface area contributed by atoms with Crippen molar-refractivity contribution in [1.29, 1.82) is 0 Å². The van der Waals surface area contributed by atoms with Gasteiger partial charge < -0.3 is 9.64 Å². The molecule has 0 radical (unpaired) electrons. The molecule has 1 aromatic rings. The number of aromatic nitrogens is 2. The quantitative estimate of drug-likeness (QED) is 0.742. The van der Waals surface area contributed by atoms with E-state index in [-0.39, 0.29) is 24.0 Å². The standard InChI is InChI=1S/C9H14N4O3/c1-4-16-8(14)6-5-10-12-7(6)11-9(15)13(2)3/h5H,4H2,1-3H3,(H2,10,11,12,15). The van der Waals surface area contributed by atoms with Crippen LogP contribution in [0.15, 0.2) is 6.20 Å². The van der Waals surface area contributed by atoms with E-state index in [2.05, 4.69) is 15.5 Å². The molecule has 1 heterocycles. The Morgan fingerprint density at radius 1 is 1.56 bits per heavy atom. The lowest BCUT2D eigenvalue weighted by Gasteiger charge is -2.11. The van der Waals surface area contributed by atoms with E-state index in [1.807, 2.05) is 0 Å². The second-order valence-corrected chi connectivity index (χ2v) is 3.20. The van der Waals surface area contributed by atoms with Gasteiger partial charge in [0.2, 0.25) is 0 Å². The van der Waals surface area contributed by atoms with E-state index in [4.69, 9.17) is 4.74 Å². The van der Waals surface area contributed by atoms with Crippen LogP contribution in [-0.4, -0.2) is 47.8 Å². The van der Waals surface area contributed by atoms with Crippen molar-refractivity contribution >= 4 is 17.8 Å². The summed E-state index contributed by atoms with van der Waals surface area (Å²) in [6, 6.07) is -0.352. The number of aromatic amines is 1. The molecule has 0 bridgehead atoms. The van der Waals surface area contributed by atoms with Crippen LogP contribution in [0.4, 0.5) is 10.6 Å². The van der Waals surface area contributed by atoms with Gasteiger partial charge in [0.1, 0.15) is 11.4 Å². The van der Waals surface area contributed by atoms with E-state index in [0.717, 1.165) is 0 Å². The van der Waals surface area contributed by atoms with Crippen molar-refractivity contribution in [3.8, 4) is 0 Å². The highest BCUT2D eigenvalue weighted by Gasteiger charge is 2.17. The minimum atomic E-state index is -0.523. The molecule has 0 unspecified atom stereocenters. The molecular formula is C9H14N4O3. The first-order chi connectivity index (χ1) is 7.56. The van der Waals surface area contributed by atoms with Gasteiger partial charge in [0.05, 0.1) is 12.8 Å². The fraction of sp³-hybridized carbons (Fsp3) is 0.444. The second kappa shape index (κ2) is 5.15. The number of ether oxygens (including phenoxy) is 1. The van der Waals surface area contributed by atoms with Crippen LogP contribution in [0.5, 0.6) is 0 Å². The first-order valence-corrected chi connectivity index (χ1v) is 4.75. The van der Waals surface area contributed by atoms with Crippen LogP contribution in [0.2, 0.25) is 0 Å². The van der Waals surface area contributed by atoms with Crippen molar-refractivity contribution in [2.24, 2.45) is 0 Å². The van der Waals surface area contributed by atoms with Crippen LogP contribution in [0.1, 0.15) is 17.3 Å². The van der Waals surface area contributed by atoms with Crippen molar-refractivity contribution in [3.63, 3.8) is 0 Å². The third-order valence-corrected chi connectivity index (χ3v) is 1.77. The summed E-state index contributed by atoms with van der Waals surface area (Å²) in [4.78, 5) is 24.1. The molecule has 0 spiro atoms. The number of rotatable bonds is 3. The number of hydrogen-bond donors (Lipinski definition) is 2. The Bertz CT molecular complexity index is 386. The van der Waals surface area contributed by atoms with Crippen LogP contribution in [0.3, 0.4) is 0 Å². The summed E-state index contributed by atoms with van der Waals surface area (Å²) in [6.45, 7) is 1.97. The van der Waals surface area contributed by atoms with E-state index >= 15 is 0 Å². The molecule has 0 saturated carbocycles. The molecule has 16 heavy (non-hydrogen) atoms. The normalized spacial score (nSPS) is 9.69. The minimum absolute atomic E-state index is 0.206. The Balaban J connectivity index is 2.78. The molecule has 0 saturated heterocycles. The van der Waals surface area contributed by atoms with Crippen LogP contribution in [0, 0.1) is 0 Å². The van der Waals surface area contributed by atoms with Gasteiger partial charge in [-0.15, -0.1) is 0 Å². The van der Waals surface area contributed by atoms with Crippen LogP contribution in [-0.2, 0) is 4.74 Å². The Kier molecular flexibility index (Phi) is 3.87. The highest BCUT2D eigenvalue weighted by molar-refractivity contribution is 5.99. The molecule has 1 aromatic heterocycles. The lowest BCUT2D eigenvalue weighted by molar-refractivity contribution is 0.0527. The number of amides is 2. The third-order valence-electron chi connectivity index (χ3n) is 1.77. The Hall–Kier alpha value is -2.05. The average Bonchev–Trinajstić information content (AvgIpc) is 2.66. The molecule has 0 fully saturated rings.